The molecule has 0 bridgehead atoms. The Bertz CT molecular complexity index is 1930. The lowest BCUT2D eigenvalue weighted by atomic mass is 9.87. The normalized spacial score (nSPS) is 17.9. The van der Waals surface area contributed by atoms with Gasteiger partial charge in [-0.3, -0.25) is 0 Å². The number of hydrogen-bond donors (Lipinski definition) is 0. The quantitative estimate of drug-likeness (QED) is 0.264. The van der Waals surface area contributed by atoms with Crippen LogP contribution in [-0.4, -0.2) is 36.8 Å². The number of allylic oxidation sites excluding steroid dienone is 3. The number of benzene rings is 2. The summed E-state index contributed by atoms with van der Waals surface area (Å²) in [7, 11) is -7.32. The Balaban J connectivity index is 1.57. The second-order valence-corrected chi connectivity index (χ2v) is 14.4. The summed E-state index contributed by atoms with van der Waals surface area (Å²) in [5.74, 6) is -1.91. The molecule has 0 fully saturated rings. The summed E-state index contributed by atoms with van der Waals surface area (Å²) in [5, 5.41) is 0.695. The Hall–Kier alpha value is -3.83. The Kier molecular flexibility index (Phi) is 6.91. The van der Waals surface area contributed by atoms with Crippen molar-refractivity contribution in [3.05, 3.63) is 107 Å². The van der Waals surface area contributed by atoms with E-state index in [2.05, 4.69) is 4.98 Å². The summed E-state index contributed by atoms with van der Waals surface area (Å²) in [5.41, 5.74) is 2.36. The van der Waals surface area contributed by atoms with Crippen LogP contribution in [0.25, 0.3) is 16.6 Å². The fraction of sp³-hybridized carbons (Fsp3) is 0.207. The third kappa shape index (κ3) is 5.06. The van der Waals surface area contributed by atoms with Gasteiger partial charge in [0.05, 0.1) is 5.75 Å². The first kappa shape index (κ1) is 27.7. The van der Waals surface area contributed by atoms with Gasteiger partial charge in [-0.25, -0.2) is 34.6 Å². The Morgan fingerprint density at radius 1 is 1.02 bits per heavy atom. The second kappa shape index (κ2) is 9.97. The van der Waals surface area contributed by atoms with Gasteiger partial charge < -0.3 is 4.74 Å². The van der Waals surface area contributed by atoms with Crippen molar-refractivity contribution in [1.82, 2.24) is 8.96 Å². The molecule has 2 aromatic carbocycles. The zero-order valence-corrected chi connectivity index (χ0v) is 23.6. The van der Waals surface area contributed by atoms with Crippen molar-refractivity contribution < 1.29 is 30.4 Å². The standard InChI is InChI=1S/C29H26F2N2O5S2/c1-19-15-22(10-12-29(19,2)40(36,37)33-14-11-21-5-4-13-32-28(21)33)24-16-20(18-39(3,34)35)6-8-26(24)38-27-9-7-23(30)17-25(27)31/h4-11,13-17H,12,18H2,1-3H3. The van der Waals surface area contributed by atoms with Crippen molar-refractivity contribution >= 4 is 36.5 Å². The molecule has 7 nitrogen and oxygen atoms in total. The van der Waals surface area contributed by atoms with Gasteiger partial charge >= 0.3 is 0 Å². The van der Waals surface area contributed by atoms with Gasteiger partial charge in [-0.1, -0.05) is 18.2 Å². The van der Waals surface area contributed by atoms with E-state index in [0.29, 0.717) is 39.4 Å². The van der Waals surface area contributed by atoms with Gasteiger partial charge in [-0.05, 0) is 79.4 Å². The van der Waals surface area contributed by atoms with Crippen LogP contribution in [0.4, 0.5) is 8.78 Å². The van der Waals surface area contributed by atoms with E-state index in [1.54, 1.807) is 56.3 Å². The molecule has 1 atom stereocenters. The molecular formula is C29H26F2N2O5S2. The van der Waals surface area contributed by atoms with E-state index in [1.807, 2.05) is 0 Å². The van der Waals surface area contributed by atoms with Crippen LogP contribution in [0.3, 0.4) is 0 Å². The lowest BCUT2D eigenvalue weighted by Gasteiger charge is -2.33. The summed E-state index contributed by atoms with van der Waals surface area (Å²) in [6.07, 6.45) is 7.67. The number of nitrogens with zero attached hydrogens (tertiary/aromatic N) is 2. The van der Waals surface area contributed by atoms with Crippen LogP contribution < -0.4 is 4.74 Å². The number of pyridine rings is 1. The fourth-order valence-electron chi connectivity index (χ4n) is 4.72. The van der Waals surface area contributed by atoms with E-state index in [1.165, 1.54) is 22.4 Å². The van der Waals surface area contributed by atoms with Crippen LogP contribution in [0, 0.1) is 11.6 Å². The van der Waals surface area contributed by atoms with Crippen molar-refractivity contribution in [2.75, 3.05) is 6.26 Å². The maximum Gasteiger partial charge on any atom is 0.249 e. The average molecular weight is 585 g/mol. The minimum absolute atomic E-state index is 0.0974. The maximum absolute atomic E-state index is 14.4. The van der Waals surface area contributed by atoms with Crippen molar-refractivity contribution in [3.63, 3.8) is 0 Å². The molecule has 2 heterocycles. The van der Waals surface area contributed by atoms with Crippen molar-refractivity contribution in [2.24, 2.45) is 0 Å². The van der Waals surface area contributed by atoms with Crippen LogP contribution in [-0.2, 0) is 25.6 Å². The predicted octanol–water partition coefficient (Wildman–Crippen LogP) is 6.02. The van der Waals surface area contributed by atoms with Crippen molar-refractivity contribution in [3.8, 4) is 11.5 Å². The molecule has 0 radical (unpaired) electrons. The highest BCUT2D eigenvalue weighted by molar-refractivity contribution is 7.91. The van der Waals surface area contributed by atoms with Gasteiger partial charge in [-0.2, -0.15) is 0 Å². The largest absolute Gasteiger partial charge is 0.454 e. The lowest BCUT2D eigenvalue weighted by Crippen LogP contribution is -2.41. The minimum Gasteiger partial charge on any atom is -0.454 e. The number of rotatable bonds is 7. The number of hydrogen-bond acceptors (Lipinski definition) is 6. The smallest absolute Gasteiger partial charge is 0.249 e. The van der Waals surface area contributed by atoms with E-state index in [0.717, 1.165) is 18.4 Å². The number of ether oxygens (including phenoxy) is 1. The first-order chi connectivity index (χ1) is 18.8. The van der Waals surface area contributed by atoms with Gasteiger partial charge in [0.1, 0.15) is 16.3 Å². The molecule has 2 aromatic heterocycles. The number of halogens is 2. The molecule has 0 saturated carbocycles. The predicted molar refractivity (Wildman–Crippen MR) is 150 cm³/mol. The van der Waals surface area contributed by atoms with Gasteiger partial charge in [-0.15, -0.1) is 0 Å². The van der Waals surface area contributed by atoms with Crippen molar-refractivity contribution in [1.29, 1.82) is 0 Å². The minimum atomic E-state index is -3.95. The van der Waals surface area contributed by atoms with Crippen molar-refractivity contribution in [2.45, 2.75) is 30.8 Å². The molecule has 0 amide bonds. The van der Waals surface area contributed by atoms with Crippen LogP contribution in [0.15, 0.2) is 84.7 Å². The van der Waals surface area contributed by atoms with Crippen LogP contribution in [0.5, 0.6) is 11.5 Å². The average Bonchev–Trinajstić information content (AvgIpc) is 3.32. The Labute approximate surface area is 231 Å². The van der Waals surface area contributed by atoms with Crippen LogP contribution in [0.2, 0.25) is 0 Å². The SMILES string of the molecule is CC1=CC(c2cc(CS(C)(=O)=O)ccc2Oc2ccc(F)cc2F)=CCC1(C)S(=O)(=O)n1ccc2cccnc21. The van der Waals surface area contributed by atoms with E-state index in [-0.39, 0.29) is 23.7 Å². The zero-order chi connectivity index (χ0) is 28.9. The highest BCUT2D eigenvalue weighted by Gasteiger charge is 2.43. The molecule has 0 aliphatic heterocycles. The molecule has 0 spiro atoms. The lowest BCUT2D eigenvalue weighted by molar-refractivity contribution is 0.436. The van der Waals surface area contributed by atoms with E-state index in [4.69, 9.17) is 4.74 Å². The van der Waals surface area contributed by atoms with E-state index >= 15 is 0 Å². The summed E-state index contributed by atoms with van der Waals surface area (Å²) in [4.78, 5) is 4.25. The van der Waals surface area contributed by atoms with E-state index < -0.39 is 36.2 Å². The molecule has 0 N–H and O–H groups in total. The summed E-state index contributed by atoms with van der Waals surface area (Å²) >= 11 is 0. The summed E-state index contributed by atoms with van der Waals surface area (Å²) in [6.45, 7) is 3.35. The zero-order valence-electron chi connectivity index (χ0n) is 21.9. The molecular weight excluding hydrogens is 558 g/mol. The molecule has 0 saturated heterocycles. The Morgan fingerprint density at radius 3 is 2.48 bits per heavy atom. The monoisotopic (exact) mass is 584 g/mol. The van der Waals surface area contributed by atoms with Crippen LogP contribution in [0.1, 0.15) is 31.4 Å². The molecule has 1 aliphatic carbocycles. The molecule has 4 aromatic rings. The number of aromatic nitrogens is 2. The Morgan fingerprint density at radius 2 is 1.77 bits per heavy atom. The molecule has 208 valence electrons. The highest BCUT2D eigenvalue weighted by Crippen LogP contribution is 2.42. The molecule has 1 aliphatic rings. The highest BCUT2D eigenvalue weighted by atomic mass is 32.2. The first-order valence-corrected chi connectivity index (χ1v) is 15.8. The first-order valence-electron chi connectivity index (χ1n) is 12.3. The number of sulfone groups is 1. The molecule has 40 heavy (non-hydrogen) atoms. The van der Waals surface area contributed by atoms with Gasteiger partial charge in [0.2, 0.25) is 10.0 Å². The topological polar surface area (TPSA) is 95.3 Å². The number of fused-ring (bicyclic) bond motifs is 1. The van der Waals surface area contributed by atoms with Gasteiger partial charge in [0.25, 0.3) is 0 Å². The third-order valence-corrected chi connectivity index (χ3v) is 10.4. The molecule has 11 heteroatoms. The summed E-state index contributed by atoms with van der Waals surface area (Å²) < 4.78 is 85.3. The van der Waals surface area contributed by atoms with Crippen LogP contribution >= 0.6 is 0 Å². The third-order valence-electron chi connectivity index (χ3n) is 7.06. The van der Waals surface area contributed by atoms with E-state index in [9.17, 15) is 25.6 Å². The second-order valence-electron chi connectivity index (χ2n) is 10.0. The maximum atomic E-state index is 14.4. The molecule has 1 unspecified atom stereocenters. The van der Waals surface area contributed by atoms with Gasteiger partial charge in [0, 0.05) is 35.7 Å². The molecule has 5 rings (SSSR count). The fourth-order valence-corrected chi connectivity index (χ4v) is 7.30. The summed E-state index contributed by atoms with van der Waals surface area (Å²) in [6, 6.07) is 12.8. The van der Waals surface area contributed by atoms with Gasteiger partial charge in [0.15, 0.2) is 27.1 Å².